The molecule has 0 fully saturated rings. The molecule has 1 aromatic heterocycles. The minimum absolute atomic E-state index is 0.246. The molecule has 0 bridgehead atoms. The van der Waals surface area contributed by atoms with Crippen molar-refractivity contribution in [2.24, 2.45) is 0 Å². The first kappa shape index (κ1) is 18.8. The van der Waals surface area contributed by atoms with E-state index in [0.717, 1.165) is 13.1 Å². The van der Waals surface area contributed by atoms with Gasteiger partial charge in [-0.15, -0.1) is 0 Å². The molecular weight excluding hydrogens is 396 g/mol. The Hall–Kier alpha value is -1.57. The lowest BCUT2D eigenvalue weighted by Gasteiger charge is -2.15. The summed E-state index contributed by atoms with van der Waals surface area (Å²) in [4.78, 5) is 14.3. The average Bonchev–Trinajstić information content (AvgIpc) is 2.95. The molecular formula is C16H20BrClN4O2. The van der Waals surface area contributed by atoms with E-state index in [1.54, 1.807) is 42.2 Å². The van der Waals surface area contributed by atoms with Crippen LogP contribution in [0.25, 0.3) is 0 Å². The number of hydrogen-bond donors (Lipinski definition) is 1. The molecule has 0 aliphatic carbocycles. The van der Waals surface area contributed by atoms with Crippen molar-refractivity contribution in [3.63, 3.8) is 0 Å². The second kappa shape index (κ2) is 8.50. The van der Waals surface area contributed by atoms with Gasteiger partial charge >= 0.3 is 0 Å². The molecule has 24 heavy (non-hydrogen) atoms. The molecule has 1 unspecified atom stereocenters. The Morgan fingerprint density at radius 3 is 2.92 bits per heavy atom. The summed E-state index contributed by atoms with van der Waals surface area (Å²) in [6.45, 7) is 3.32. The van der Waals surface area contributed by atoms with Gasteiger partial charge in [-0.3, -0.25) is 9.48 Å². The number of carbonyl (C=O) groups excluding carboxylic acids is 1. The zero-order valence-electron chi connectivity index (χ0n) is 13.8. The summed E-state index contributed by atoms with van der Waals surface area (Å²) in [7, 11) is 4.00. The van der Waals surface area contributed by atoms with Crippen LogP contribution < -0.4 is 10.1 Å². The van der Waals surface area contributed by atoms with Crippen molar-refractivity contribution in [1.29, 1.82) is 0 Å². The Kier molecular flexibility index (Phi) is 6.65. The van der Waals surface area contributed by atoms with Crippen LogP contribution in [0.4, 0.5) is 5.69 Å². The first-order chi connectivity index (χ1) is 11.3. The van der Waals surface area contributed by atoms with E-state index in [1.165, 1.54) is 0 Å². The third-order valence-electron chi connectivity index (χ3n) is 3.24. The molecule has 0 radical (unpaired) electrons. The first-order valence-corrected chi connectivity index (χ1v) is 8.62. The first-order valence-electron chi connectivity index (χ1n) is 7.45. The third kappa shape index (κ3) is 5.51. The number of anilines is 1. The van der Waals surface area contributed by atoms with E-state index < -0.39 is 6.10 Å². The number of carbonyl (C=O) groups is 1. The predicted octanol–water partition coefficient (Wildman–Crippen LogP) is 3.27. The number of likely N-dealkylation sites (N-methyl/N-ethyl adjacent to an activating group) is 1. The van der Waals surface area contributed by atoms with Gasteiger partial charge in [-0.25, -0.2) is 0 Å². The van der Waals surface area contributed by atoms with Crippen molar-refractivity contribution in [2.45, 2.75) is 19.6 Å². The van der Waals surface area contributed by atoms with Crippen LogP contribution in [0.5, 0.6) is 5.75 Å². The predicted molar refractivity (Wildman–Crippen MR) is 98.7 cm³/mol. The number of halogens is 2. The summed E-state index contributed by atoms with van der Waals surface area (Å²) in [6.07, 6.45) is 2.76. The normalized spacial score (nSPS) is 12.2. The van der Waals surface area contributed by atoms with Crippen LogP contribution in [0.3, 0.4) is 0 Å². The van der Waals surface area contributed by atoms with Gasteiger partial charge in [0.25, 0.3) is 5.91 Å². The molecule has 0 saturated heterocycles. The molecule has 0 saturated carbocycles. The van der Waals surface area contributed by atoms with Gasteiger partial charge in [-0.05, 0) is 55.1 Å². The lowest BCUT2D eigenvalue weighted by atomic mass is 10.3. The van der Waals surface area contributed by atoms with Crippen LogP contribution in [-0.2, 0) is 11.3 Å². The number of hydrogen-bond acceptors (Lipinski definition) is 4. The van der Waals surface area contributed by atoms with Gasteiger partial charge in [0.2, 0.25) is 0 Å². The molecule has 2 rings (SSSR count). The lowest BCUT2D eigenvalue weighted by Crippen LogP contribution is -2.30. The third-order valence-corrected chi connectivity index (χ3v) is 4.10. The fraction of sp³-hybridized carbons (Fsp3) is 0.375. The van der Waals surface area contributed by atoms with Gasteiger partial charge in [0.05, 0.1) is 22.9 Å². The number of benzene rings is 1. The van der Waals surface area contributed by atoms with Gasteiger partial charge in [-0.1, -0.05) is 11.6 Å². The SMILES string of the molecule is CC(Oc1ccc(Cl)cc1Br)C(=O)Nc1cnn(CCN(C)C)c1. The van der Waals surface area contributed by atoms with Gasteiger partial charge in [0.15, 0.2) is 6.10 Å². The number of nitrogens with zero attached hydrogens (tertiary/aromatic N) is 3. The van der Waals surface area contributed by atoms with Crippen LogP contribution in [-0.4, -0.2) is 47.3 Å². The molecule has 1 aromatic carbocycles. The highest BCUT2D eigenvalue weighted by atomic mass is 79.9. The van der Waals surface area contributed by atoms with Crippen molar-refractivity contribution < 1.29 is 9.53 Å². The van der Waals surface area contributed by atoms with Crippen molar-refractivity contribution in [3.05, 3.63) is 40.1 Å². The van der Waals surface area contributed by atoms with Crippen LogP contribution in [0, 0.1) is 0 Å². The lowest BCUT2D eigenvalue weighted by molar-refractivity contribution is -0.122. The Morgan fingerprint density at radius 1 is 1.50 bits per heavy atom. The highest BCUT2D eigenvalue weighted by Gasteiger charge is 2.17. The van der Waals surface area contributed by atoms with Gasteiger partial charge < -0.3 is 15.0 Å². The molecule has 0 aliphatic heterocycles. The van der Waals surface area contributed by atoms with E-state index in [-0.39, 0.29) is 5.91 Å². The fourth-order valence-corrected chi connectivity index (χ4v) is 2.69. The number of amides is 1. The maximum absolute atomic E-state index is 12.2. The largest absolute Gasteiger partial charge is 0.480 e. The second-order valence-corrected chi connectivity index (χ2v) is 6.91. The van der Waals surface area contributed by atoms with Crippen molar-refractivity contribution >= 4 is 39.1 Å². The molecule has 0 aliphatic rings. The highest BCUT2D eigenvalue weighted by molar-refractivity contribution is 9.10. The van der Waals surface area contributed by atoms with Crippen molar-refractivity contribution in [2.75, 3.05) is 26.0 Å². The van der Waals surface area contributed by atoms with Gasteiger partial charge in [0, 0.05) is 17.8 Å². The smallest absolute Gasteiger partial charge is 0.265 e. The number of nitrogens with one attached hydrogen (secondary N) is 1. The van der Waals surface area contributed by atoms with Crippen LogP contribution in [0.2, 0.25) is 5.02 Å². The highest BCUT2D eigenvalue weighted by Crippen LogP contribution is 2.28. The van der Waals surface area contributed by atoms with E-state index in [9.17, 15) is 4.79 Å². The number of rotatable bonds is 7. The van der Waals surface area contributed by atoms with Crippen LogP contribution in [0.15, 0.2) is 35.1 Å². The molecule has 1 atom stereocenters. The second-order valence-electron chi connectivity index (χ2n) is 5.62. The Labute approximate surface area is 154 Å². The standard InChI is InChI=1S/C16H20BrClN4O2/c1-11(24-15-5-4-12(18)8-14(15)17)16(23)20-13-9-19-22(10-13)7-6-21(2)3/h4-5,8-11H,6-7H2,1-3H3,(H,20,23). The van der Waals surface area contributed by atoms with Crippen molar-refractivity contribution in [1.82, 2.24) is 14.7 Å². The Bertz CT molecular complexity index is 705. The van der Waals surface area contributed by atoms with E-state index in [2.05, 4.69) is 31.2 Å². The molecule has 8 heteroatoms. The van der Waals surface area contributed by atoms with Gasteiger partial charge in [0.1, 0.15) is 5.75 Å². The molecule has 0 spiro atoms. The zero-order valence-corrected chi connectivity index (χ0v) is 16.1. The van der Waals surface area contributed by atoms with Crippen LogP contribution >= 0.6 is 27.5 Å². The summed E-state index contributed by atoms with van der Waals surface area (Å²) >= 11 is 9.26. The molecule has 1 amide bonds. The van der Waals surface area contributed by atoms with Crippen molar-refractivity contribution in [3.8, 4) is 5.75 Å². The number of aromatic nitrogens is 2. The summed E-state index contributed by atoms with van der Waals surface area (Å²) in [5.41, 5.74) is 0.643. The van der Waals surface area contributed by atoms with E-state index in [1.807, 2.05) is 14.1 Å². The molecule has 130 valence electrons. The topological polar surface area (TPSA) is 59.4 Å². The minimum Gasteiger partial charge on any atom is -0.480 e. The Morgan fingerprint density at radius 2 is 2.25 bits per heavy atom. The molecule has 1 heterocycles. The summed E-state index contributed by atoms with van der Waals surface area (Å²) in [5, 5.41) is 7.61. The quantitative estimate of drug-likeness (QED) is 0.754. The zero-order chi connectivity index (χ0) is 17.7. The summed E-state index contributed by atoms with van der Waals surface area (Å²) < 4.78 is 8.16. The van der Waals surface area contributed by atoms with E-state index >= 15 is 0 Å². The number of ether oxygens (including phenoxy) is 1. The van der Waals surface area contributed by atoms with Gasteiger partial charge in [-0.2, -0.15) is 5.10 Å². The van der Waals surface area contributed by atoms with E-state index in [4.69, 9.17) is 16.3 Å². The summed E-state index contributed by atoms with van der Waals surface area (Å²) in [5.74, 6) is 0.313. The maximum Gasteiger partial charge on any atom is 0.265 e. The molecule has 6 nitrogen and oxygen atoms in total. The monoisotopic (exact) mass is 414 g/mol. The summed E-state index contributed by atoms with van der Waals surface area (Å²) in [6, 6.07) is 5.15. The minimum atomic E-state index is -0.660. The van der Waals surface area contributed by atoms with E-state index in [0.29, 0.717) is 20.9 Å². The fourth-order valence-electron chi connectivity index (χ4n) is 1.91. The average molecular weight is 416 g/mol. The molecule has 2 aromatic rings. The Balaban J connectivity index is 1.91. The van der Waals surface area contributed by atoms with Crippen LogP contribution in [0.1, 0.15) is 6.92 Å². The maximum atomic E-state index is 12.2. The molecule has 1 N–H and O–H groups in total.